The van der Waals surface area contributed by atoms with E-state index in [0.717, 1.165) is 36.5 Å². The van der Waals surface area contributed by atoms with Gasteiger partial charge >= 0.3 is 6.03 Å². The van der Waals surface area contributed by atoms with Crippen LogP contribution in [0, 0.1) is 20.8 Å². The second-order valence-corrected chi connectivity index (χ2v) is 6.60. The first-order valence-electron chi connectivity index (χ1n) is 8.79. The summed E-state index contributed by atoms with van der Waals surface area (Å²) in [5.41, 5.74) is 5.01. The Morgan fingerprint density at radius 3 is 2.84 bits per heavy atom. The number of anilines is 1. The molecule has 0 bridgehead atoms. The monoisotopic (exact) mass is 342 g/mol. The maximum Gasteiger partial charge on any atom is 0.319 e. The lowest BCUT2D eigenvalue weighted by molar-refractivity contribution is 0.112. The van der Waals surface area contributed by atoms with Gasteiger partial charge in [-0.25, -0.2) is 4.79 Å². The molecule has 0 aliphatic carbocycles. The van der Waals surface area contributed by atoms with Gasteiger partial charge < -0.3 is 15.4 Å². The van der Waals surface area contributed by atoms with Gasteiger partial charge in [0.1, 0.15) is 0 Å². The van der Waals surface area contributed by atoms with Gasteiger partial charge in [-0.15, -0.1) is 0 Å². The minimum atomic E-state index is -0.211. The number of nitrogens with one attached hydrogen (secondary N) is 2. The van der Waals surface area contributed by atoms with Crippen molar-refractivity contribution in [3.63, 3.8) is 0 Å². The fourth-order valence-electron chi connectivity index (χ4n) is 3.15. The molecule has 1 aliphatic rings. The maximum atomic E-state index is 12.2. The zero-order chi connectivity index (χ0) is 17.8. The first-order valence-corrected chi connectivity index (χ1v) is 8.79. The van der Waals surface area contributed by atoms with E-state index in [1.54, 1.807) is 0 Å². The van der Waals surface area contributed by atoms with Crippen LogP contribution in [0.5, 0.6) is 0 Å². The van der Waals surface area contributed by atoms with Crippen molar-refractivity contribution in [2.24, 2.45) is 0 Å². The Bertz CT molecular complexity index is 748. The van der Waals surface area contributed by atoms with Crippen molar-refractivity contribution in [1.29, 1.82) is 0 Å². The van der Waals surface area contributed by atoms with E-state index in [-0.39, 0.29) is 12.1 Å². The van der Waals surface area contributed by atoms with E-state index in [2.05, 4.69) is 34.8 Å². The Morgan fingerprint density at radius 2 is 2.12 bits per heavy atom. The molecule has 6 heteroatoms. The molecule has 1 saturated heterocycles. The number of rotatable bonds is 5. The van der Waals surface area contributed by atoms with E-state index in [1.165, 1.54) is 11.1 Å². The van der Waals surface area contributed by atoms with Crippen molar-refractivity contribution < 1.29 is 9.53 Å². The van der Waals surface area contributed by atoms with Gasteiger partial charge in [0.05, 0.1) is 29.7 Å². The number of carbonyl (C=O) groups excluding carboxylic acids is 1. The summed E-state index contributed by atoms with van der Waals surface area (Å²) >= 11 is 0. The molecule has 0 radical (unpaired) electrons. The number of carbonyl (C=O) groups is 1. The highest BCUT2D eigenvalue weighted by Crippen LogP contribution is 2.21. The van der Waals surface area contributed by atoms with Crippen molar-refractivity contribution in [3.8, 4) is 0 Å². The summed E-state index contributed by atoms with van der Waals surface area (Å²) < 4.78 is 7.46. The van der Waals surface area contributed by atoms with E-state index < -0.39 is 0 Å². The molecule has 2 heterocycles. The fourth-order valence-corrected chi connectivity index (χ4v) is 3.15. The van der Waals surface area contributed by atoms with E-state index in [9.17, 15) is 4.79 Å². The van der Waals surface area contributed by atoms with Crippen molar-refractivity contribution >= 4 is 11.7 Å². The minimum absolute atomic E-state index is 0.136. The van der Waals surface area contributed by atoms with Crippen LogP contribution in [0.3, 0.4) is 0 Å². The van der Waals surface area contributed by atoms with Crippen LogP contribution in [-0.2, 0) is 11.3 Å². The number of nitrogens with zero attached hydrogens (tertiary/aromatic N) is 2. The number of ether oxygens (including phenoxy) is 1. The van der Waals surface area contributed by atoms with Crippen LogP contribution in [0.2, 0.25) is 0 Å². The third-order valence-corrected chi connectivity index (χ3v) is 4.72. The average Bonchev–Trinajstić information content (AvgIpc) is 3.19. The third-order valence-electron chi connectivity index (χ3n) is 4.72. The molecule has 1 aromatic heterocycles. The van der Waals surface area contributed by atoms with Crippen LogP contribution in [0.15, 0.2) is 24.3 Å². The highest BCUT2D eigenvalue weighted by atomic mass is 16.5. The number of benzene rings is 1. The lowest BCUT2D eigenvalue weighted by Crippen LogP contribution is -2.35. The second kappa shape index (κ2) is 7.70. The summed E-state index contributed by atoms with van der Waals surface area (Å²) in [6.45, 7) is 8.02. The van der Waals surface area contributed by atoms with Gasteiger partial charge in [-0.3, -0.25) is 4.68 Å². The average molecular weight is 342 g/mol. The van der Waals surface area contributed by atoms with E-state index in [4.69, 9.17) is 4.74 Å². The molecule has 1 atom stereocenters. The molecule has 3 rings (SSSR count). The fraction of sp³-hybridized carbons (Fsp3) is 0.474. The number of amides is 2. The number of aryl methyl sites for hydroxylation is 2. The predicted octanol–water partition coefficient (Wildman–Crippen LogP) is 3.16. The van der Waals surface area contributed by atoms with Gasteiger partial charge in [0.2, 0.25) is 0 Å². The maximum absolute atomic E-state index is 12.2. The highest BCUT2D eigenvalue weighted by Gasteiger charge is 2.18. The quantitative estimate of drug-likeness (QED) is 0.877. The zero-order valence-electron chi connectivity index (χ0n) is 15.1. The van der Waals surface area contributed by atoms with Gasteiger partial charge in [0, 0.05) is 13.2 Å². The molecule has 0 spiro atoms. The third kappa shape index (κ3) is 4.20. The van der Waals surface area contributed by atoms with Gasteiger partial charge in [-0.05, 0) is 44.7 Å². The van der Waals surface area contributed by atoms with Crippen LogP contribution in [0.25, 0.3) is 0 Å². The molecule has 25 heavy (non-hydrogen) atoms. The molecule has 6 nitrogen and oxygen atoms in total. The van der Waals surface area contributed by atoms with E-state index >= 15 is 0 Å². The summed E-state index contributed by atoms with van der Waals surface area (Å²) in [7, 11) is 0. The first-order chi connectivity index (χ1) is 12.0. The van der Waals surface area contributed by atoms with Gasteiger partial charge in [-0.1, -0.05) is 24.3 Å². The molecule has 2 aromatic rings. The van der Waals surface area contributed by atoms with Crippen molar-refractivity contribution in [2.45, 2.75) is 46.3 Å². The normalized spacial score (nSPS) is 16.8. The number of urea groups is 1. The second-order valence-electron chi connectivity index (χ2n) is 6.60. The Kier molecular flexibility index (Phi) is 5.38. The van der Waals surface area contributed by atoms with Crippen molar-refractivity contribution in [1.82, 2.24) is 15.1 Å². The van der Waals surface area contributed by atoms with E-state index in [1.807, 2.05) is 30.7 Å². The number of hydrogen-bond donors (Lipinski definition) is 2. The number of aromatic nitrogens is 2. The lowest BCUT2D eigenvalue weighted by atomic mass is 10.1. The lowest BCUT2D eigenvalue weighted by Gasteiger charge is -2.12. The molecule has 1 aliphatic heterocycles. The predicted molar refractivity (Wildman–Crippen MR) is 98.0 cm³/mol. The van der Waals surface area contributed by atoms with Crippen molar-refractivity contribution in [2.75, 3.05) is 18.5 Å². The van der Waals surface area contributed by atoms with Crippen LogP contribution < -0.4 is 10.6 Å². The topological polar surface area (TPSA) is 68.2 Å². The van der Waals surface area contributed by atoms with Crippen LogP contribution >= 0.6 is 0 Å². The SMILES string of the molecule is Cc1ccccc1Cn1nc(C)c(NC(=O)NCC2CCCO2)c1C. The summed E-state index contributed by atoms with van der Waals surface area (Å²) in [5, 5.41) is 10.4. The van der Waals surface area contributed by atoms with Crippen molar-refractivity contribution in [3.05, 3.63) is 46.8 Å². The molecule has 2 N–H and O–H groups in total. The summed E-state index contributed by atoms with van der Waals surface area (Å²) in [4.78, 5) is 12.2. The molecule has 1 fully saturated rings. The Labute approximate surface area is 148 Å². The Hall–Kier alpha value is -2.34. The molecular formula is C19H26N4O2. The highest BCUT2D eigenvalue weighted by molar-refractivity contribution is 5.90. The zero-order valence-corrected chi connectivity index (χ0v) is 15.1. The number of hydrogen-bond acceptors (Lipinski definition) is 3. The smallest absolute Gasteiger partial charge is 0.319 e. The molecule has 134 valence electrons. The largest absolute Gasteiger partial charge is 0.376 e. The van der Waals surface area contributed by atoms with Gasteiger partial charge in [0.15, 0.2) is 0 Å². The minimum Gasteiger partial charge on any atom is -0.376 e. The molecule has 2 amide bonds. The van der Waals surface area contributed by atoms with E-state index in [0.29, 0.717) is 13.1 Å². The van der Waals surface area contributed by atoms with Gasteiger partial charge in [0.25, 0.3) is 0 Å². The molecule has 1 unspecified atom stereocenters. The molecule has 1 aromatic carbocycles. The Morgan fingerprint density at radius 1 is 1.32 bits per heavy atom. The molecular weight excluding hydrogens is 316 g/mol. The summed E-state index contributed by atoms with van der Waals surface area (Å²) in [6, 6.07) is 8.06. The standard InChI is InChI=1S/C19H26N4O2/c1-13-7-4-5-8-16(13)12-23-15(3)18(14(2)22-23)21-19(24)20-11-17-9-6-10-25-17/h4-5,7-8,17H,6,9-12H2,1-3H3,(H2,20,21,24). The van der Waals surface area contributed by atoms with Crippen LogP contribution in [0.4, 0.5) is 10.5 Å². The van der Waals surface area contributed by atoms with Crippen LogP contribution in [-0.4, -0.2) is 35.1 Å². The first kappa shape index (κ1) is 17.5. The summed E-state index contributed by atoms with van der Waals surface area (Å²) in [5.74, 6) is 0. The Balaban J connectivity index is 1.65. The molecule has 0 saturated carbocycles. The summed E-state index contributed by atoms with van der Waals surface area (Å²) in [6.07, 6.45) is 2.21. The van der Waals surface area contributed by atoms with Crippen LogP contribution in [0.1, 0.15) is 35.4 Å². The van der Waals surface area contributed by atoms with Gasteiger partial charge in [-0.2, -0.15) is 5.10 Å².